The van der Waals surface area contributed by atoms with Crippen molar-refractivity contribution in [2.75, 3.05) is 51.0 Å². The minimum Gasteiger partial charge on any atom is -0.483 e. The van der Waals surface area contributed by atoms with Crippen LogP contribution < -0.4 is 20.1 Å². The maximum Gasteiger partial charge on any atom is 0.416 e. The van der Waals surface area contributed by atoms with Crippen LogP contribution in [0.2, 0.25) is 5.02 Å². The topological polar surface area (TPSA) is 91.9 Å². The smallest absolute Gasteiger partial charge is 0.416 e. The molecule has 1 amide bonds. The van der Waals surface area contributed by atoms with Gasteiger partial charge in [-0.1, -0.05) is 11.6 Å². The summed E-state index contributed by atoms with van der Waals surface area (Å²) in [5.74, 6) is 0.387. The number of anilines is 2. The zero-order valence-electron chi connectivity index (χ0n) is 21.9. The molecule has 2 aromatic carbocycles. The SMILES string of the molecule is CN(C)C1CCN(Cc2cc(NC(=O)c3ccc(Cl)c(Oc4ncnc5c4OCCN5)c3)cc(C(F)(F)F)c2)C1. The fourth-order valence-electron chi connectivity index (χ4n) is 4.69. The molecule has 3 heterocycles. The Hall–Kier alpha value is -3.61. The minimum atomic E-state index is -4.57. The summed E-state index contributed by atoms with van der Waals surface area (Å²) in [5.41, 5.74) is -0.189. The van der Waals surface area contributed by atoms with Crippen molar-refractivity contribution >= 4 is 29.0 Å². The number of likely N-dealkylation sites (N-methyl/N-ethyl adjacent to an activating group) is 1. The van der Waals surface area contributed by atoms with Crippen LogP contribution in [0, 0.1) is 0 Å². The minimum absolute atomic E-state index is 0.0416. The van der Waals surface area contributed by atoms with Crippen LogP contribution in [-0.2, 0) is 12.7 Å². The van der Waals surface area contributed by atoms with Gasteiger partial charge in [0, 0.05) is 36.9 Å². The molecule has 0 bridgehead atoms. The van der Waals surface area contributed by atoms with Gasteiger partial charge in [-0.25, -0.2) is 4.98 Å². The molecule has 40 heavy (non-hydrogen) atoms. The Labute approximate surface area is 234 Å². The molecule has 1 unspecified atom stereocenters. The van der Waals surface area contributed by atoms with Crippen molar-refractivity contribution in [2.45, 2.75) is 25.2 Å². The third-order valence-electron chi connectivity index (χ3n) is 6.77. The van der Waals surface area contributed by atoms with Crippen LogP contribution in [0.25, 0.3) is 0 Å². The van der Waals surface area contributed by atoms with Gasteiger partial charge >= 0.3 is 6.18 Å². The number of likely N-dealkylation sites (tertiary alicyclic amines) is 1. The normalized spacial score (nSPS) is 17.2. The average Bonchev–Trinajstić information content (AvgIpc) is 3.38. The number of amides is 1. The van der Waals surface area contributed by atoms with E-state index in [2.05, 4.69) is 30.4 Å². The van der Waals surface area contributed by atoms with Gasteiger partial charge in [0.15, 0.2) is 5.82 Å². The number of nitrogens with one attached hydrogen (secondary N) is 2. The van der Waals surface area contributed by atoms with Crippen molar-refractivity contribution < 1.29 is 27.4 Å². The Bertz CT molecular complexity index is 1400. The first-order valence-electron chi connectivity index (χ1n) is 12.7. The second-order valence-corrected chi connectivity index (χ2v) is 10.3. The van der Waals surface area contributed by atoms with E-state index in [4.69, 9.17) is 21.1 Å². The van der Waals surface area contributed by atoms with Gasteiger partial charge in [-0.05, 0) is 62.5 Å². The molecule has 1 atom stereocenters. The second-order valence-electron chi connectivity index (χ2n) is 9.89. The summed E-state index contributed by atoms with van der Waals surface area (Å²) < 4.78 is 52.6. The van der Waals surface area contributed by atoms with Crippen molar-refractivity contribution in [3.8, 4) is 17.4 Å². The molecule has 0 saturated carbocycles. The highest BCUT2D eigenvalue weighted by molar-refractivity contribution is 6.32. The number of fused-ring (bicyclic) bond motifs is 1. The Morgan fingerprint density at radius 2 is 2.08 bits per heavy atom. The van der Waals surface area contributed by atoms with Crippen molar-refractivity contribution in [1.82, 2.24) is 19.8 Å². The molecule has 2 N–H and O–H groups in total. The van der Waals surface area contributed by atoms with E-state index in [0.717, 1.165) is 31.6 Å². The molecule has 3 aromatic rings. The zero-order valence-corrected chi connectivity index (χ0v) is 22.6. The summed E-state index contributed by atoms with van der Waals surface area (Å²) >= 11 is 6.31. The number of rotatable bonds is 7. The highest BCUT2D eigenvalue weighted by Crippen LogP contribution is 2.38. The first-order chi connectivity index (χ1) is 19.1. The number of nitrogens with zero attached hydrogens (tertiary/aromatic N) is 4. The number of aromatic nitrogens is 2. The highest BCUT2D eigenvalue weighted by atomic mass is 35.5. The molecule has 13 heteroatoms. The predicted octanol–water partition coefficient (Wildman–Crippen LogP) is 5.13. The van der Waals surface area contributed by atoms with Gasteiger partial charge in [-0.15, -0.1) is 0 Å². The standard InChI is InChI=1S/C27H28ClF3N6O3/c1-36(2)20-5-7-37(14-20)13-16-9-18(27(29,30)31)12-19(10-16)35-25(38)17-3-4-21(28)22(11-17)40-26-23-24(33-15-34-26)32-6-8-39-23/h3-4,9-12,15,20H,5-8,13-14H2,1-2H3,(H,35,38)(H,32,33,34). The molecule has 2 aliphatic rings. The van der Waals surface area contributed by atoms with Gasteiger partial charge in [-0.2, -0.15) is 18.2 Å². The molecule has 2 aliphatic heterocycles. The zero-order chi connectivity index (χ0) is 28.4. The molecule has 1 fully saturated rings. The number of alkyl halides is 3. The monoisotopic (exact) mass is 576 g/mol. The summed E-state index contributed by atoms with van der Waals surface area (Å²) in [6, 6.07) is 8.29. The van der Waals surface area contributed by atoms with Gasteiger partial charge in [0.25, 0.3) is 11.8 Å². The quantitative estimate of drug-likeness (QED) is 0.400. The lowest BCUT2D eigenvalue weighted by molar-refractivity contribution is -0.137. The van der Waals surface area contributed by atoms with Gasteiger partial charge in [0.1, 0.15) is 18.7 Å². The molecule has 1 saturated heterocycles. The fourth-order valence-corrected chi connectivity index (χ4v) is 4.85. The fraction of sp³-hybridized carbons (Fsp3) is 0.370. The van der Waals surface area contributed by atoms with Crippen LogP contribution in [0.1, 0.15) is 27.9 Å². The molecule has 212 valence electrons. The number of ether oxygens (including phenoxy) is 2. The predicted molar refractivity (Wildman–Crippen MR) is 144 cm³/mol. The lowest BCUT2D eigenvalue weighted by Crippen LogP contribution is -2.31. The van der Waals surface area contributed by atoms with Gasteiger partial charge < -0.3 is 25.0 Å². The Morgan fingerprint density at radius 1 is 1.25 bits per heavy atom. The van der Waals surface area contributed by atoms with E-state index in [1.54, 1.807) is 6.07 Å². The van der Waals surface area contributed by atoms with Crippen molar-refractivity contribution in [2.24, 2.45) is 0 Å². The van der Waals surface area contributed by atoms with Crippen molar-refractivity contribution in [1.29, 1.82) is 0 Å². The van der Waals surface area contributed by atoms with Crippen LogP contribution in [-0.4, -0.2) is 72.1 Å². The molecular weight excluding hydrogens is 549 g/mol. The van der Waals surface area contributed by atoms with E-state index in [9.17, 15) is 18.0 Å². The van der Waals surface area contributed by atoms with E-state index in [-0.39, 0.29) is 27.9 Å². The third kappa shape index (κ3) is 6.40. The van der Waals surface area contributed by atoms with Crippen molar-refractivity contribution in [3.05, 3.63) is 64.4 Å². The Morgan fingerprint density at radius 3 is 2.83 bits per heavy atom. The number of carbonyl (C=O) groups is 1. The van der Waals surface area contributed by atoms with E-state index in [1.807, 2.05) is 14.1 Å². The maximum absolute atomic E-state index is 13.7. The molecule has 0 spiro atoms. The first kappa shape index (κ1) is 27.9. The van der Waals surface area contributed by atoms with E-state index in [0.29, 0.717) is 42.9 Å². The molecule has 5 rings (SSSR count). The summed E-state index contributed by atoms with van der Waals surface area (Å²) in [4.78, 5) is 25.6. The maximum atomic E-state index is 13.7. The number of benzene rings is 2. The van der Waals surface area contributed by atoms with Crippen LogP contribution in [0.5, 0.6) is 17.4 Å². The van der Waals surface area contributed by atoms with Gasteiger partial charge in [0.2, 0.25) is 5.75 Å². The van der Waals surface area contributed by atoms with Crippen LogP contribution >= 0.6 is 11.6 Å². The number of hydrogen-bond donors (Lipinski definition) is 2. The molecular formula is C27H28ClF3N6O3. The van der Waals surface area contributed by atoms with E-state index in [1.165, 1.54) is 24.5 Å². The Balaban J connectivity index is 1.36. The second kappa shape index (κ2) is 11.5. The lowest BCUT2D eigenvalue weighted by Gasteiger charge is -2.21. The summed E-state index contributed by atoms with van der Waals surface area (Å²) in [5, 5.41) is 5.87. The molecule has 0 aliphatic carbocycles. The van der Waals surface area contributed by atoms with Crippen LogP contribution in [0.3, 0.4) is 0 Å². The number of carbonyl (C=O) groups excluding carboxylic acids is 1. The lowest BCUT2D eigenvalue weighted by atomic mass is 10.1. The average molecular weight is 577 g/mol. The highest BCUT2D eigenvalue weighted by Gasteiger charge is 2.32. The molecule has 1 aromatic heterocycles. The van der Waals surface area contributed by atoms with E-state index >= 15 is 0 Å². The van der Waals surface area contributed by atoms with Crippen LogP contribution in [0.15, 0.2) is 42.7 Å². The summed E-state index contributed by atoms with van der Waals surface area (Å²) in [7, 11) is 3.98. The third-order valence-corrected chi connectivity index (χ3v) is 7.09. The number of hydrogen-bond acceptors (Lipinski definition) is 8. The van der Waals surface area contributed by atoms with Gasteiger partial charge in [0.05, 0.1) is 17.1 Å². The van der Waals surface area contributed by atoms with Crippen molar-refractivity contribution in [3.63, 3.8) is 0 Å². The molecule has 9 nitrogen and oxygen atoms in total. The van der Waals surface area contributed by atoms with Gasteiger partial charge in [-0.3, -0.25) is 9.69 Å². The first-order valence-corrected chi connectivity index (χ1v) is 13.0. The largest absolute Gasteiger partial charge is 0.483 e. The molecule has 0 radical (unpaired) electrons. The van der Waals surface area contributed by atoms with E-state index < -0.39 is 17.6 Å². The summed E-state index contributed by atoms with van der Waals surface area (Å²) in [6.45, 7) is 2.85. The Kier molecular flexibility index (Phi) is 8.02. The summed E-state index contributed by atoms with van der Waals surface area (Å²) in [6.07, 6.45) is -2.33. The number of halogens is 4. The van der Waals surface area contributed by atoms with Crippen LogP contribution in [0.4, 0.5) is 24.7 Å².